The Morgan fingerprint density at radius 3 is 2.29 bits per heavy atom. The van der Waals surface area contributed by atoms with Gasteiger partial charge < -0.3 is 0 Å². The zero-order valence-electron chi connectivity index (χ0n) is 16.9. The summed E-state index contributed by atoms with van der Waals surface area (Å²) in [6, 6.07) is 23.0. The van der Waals surface area contributed by atoms with Gasteiger partial charge in [0.15, 0.2) is 0 Å². The Kier molecular flexibility index (Phi) is 7.73. The minimum atomic E-state index is -3.88. The first-order valence-electron chi connectivity index (χ1n) is 9.53. The minimum absolute atomic E-state index is 0.0552. The average molecular weight is 500 g/mol. The number of aryl methyl sites for hydroxylation is 1. The van der Waals surface area contributed by atoms with Gasteiger partial charge in [0, 0.05) is 11.0 Å². The zero-order chi connectivity index (χ0) is 22.3. The van der Waals surface area contributed by atoms with Crippen molar-refractivity contribution in [3.63, 3.8) is 0 Å². The number of amides is 1. The fourth-order valence-corrected chi connectivity index (χ4v) is 4.46. The Hall–Kier alpha value is -2.81. The molecule has 6 nitrogen and oxygen atoms in total. The third-order valence-corrected chi connectivity index (χ3v) is 6.79. The maximum Gasteiger partial charge on any atom is 0.255 e. The van der Waals surface area contributed by atoms with E-state index in [0.29, 0.717) is 0 Å². The third kappa shape index (κ3) is 6.58. The average Bonchev–Trinajstić information content (AvgIpc) is 2.77. The van der Waals surface area contributed by atoms with Crippen LogP contribution in [0.4, 0.5) is 0 Å². The van der Waals surface area contributed by atoms with E-state index in [2.05, 4.69) is 26.5 Å². The number of rotatable bonds is 8. The molecule has 0 aliphatic heterocycles. The van der Waals surface area contributed by atoms with Crippen LogP contribution in [0.1, 0.15) is 16.7 Å². The van der Waals surface area contributed by atoms with Crippen molar-refractivity contribution in [1.82, 2.24) is 9.73 Å². The van der Waals surface area contributed by atoms with Gasteiger partial charge >= 0.3 is 0 Å². The van der Waals surface area contributed by atoms with Crippen molar-refractivity contribution in [1.29, 1.82) is 0 Å². The standard InChI is InChI=1S/C23H22BrN3O3S/c1-18-7-9-19(10-8-18)15-25-26-23(28)17-27(16-20-11-13-21(24)14-12-20)31(29,30)22-5-3-2-4-6-22/h2-15H,16-17H2,1H3,(H,26,28)/b25-15-. The number of hydrogen-bond donors (Lipinski definition) is 1. The Morgan fingerprint density at radius 2 is 1.65 bits per heavy atom. The molecule has 1 amide bonds. The molecule has 0 bridgehead atoms. The highest BCUT2D eigenvalue weighted by atomic mass is 79.9. The maximum absolute atomic E-state index is 13.2. The smallest absolute Gasteiger partial charge is 0.255 e. The van der Waals surface area contributed by atoms with E-state index < -0.39 is 15.9 Å². The first kappa shape index (κ1) is 22.9. The zero-order valence-corrected chi connectivity index (χ0v) is 19.3. The molecule has 0 saturated heterocycles. The molecule has 0 heterocycles. The number of nitrogens with zero attached hydrogens (tertiary/aromatic N) is 2. The van der Waals surface area contributed by atoms with Gasteiger partial charge in [-0.3, -0.25) is 4.79 Å². The SMILES string of the molecule is Cc1ccc(/C=N\NC(=O)CN(Cc2ccc(Br)cc2)S(=O)(=O)c2ccccc2)cc1. The molecule has 0 unspecified atom stereocenters. The van der Waals surface area contributed by atoms with Gasteiger partial charge in [0.05, 0.1) is 17.7 Å². The lowest BCUT2D eigenvalue weighted by molar-refractivity contribution is -0.121. The molecule has 0 atom stereocenters. The maximum atomic E-state index is 13.2. The molecular weight excluding hydrogens is 478 g/mol. The molecule has 0 aromatic heterocycles. The summed E-state index contributed by atoms with van der Waals surface area (Å²) in [7, 11) is -3.88. The Morgan fingerprint density at radius 1 is 1.00 bits per heavy atom. The van der Waals surface area contributed by atoms with Crippen molar-refractivity contribution in [2.75, 3.05) is 6.54 Å². The van der Waals surface area contributed by atoms with Crippen LogP contribution in [0.5, 0.6) is 0 Å². The van der Waals surface area contributed by atoms with E-state index in [1.54, 1.807) is 18.2 Å². The van der Waals surface area contributed by atoms with Crippen molar-refractivity contribution in [3.05, 3.63) is 100 Å². The van der Waals surface area contributed by atoms with Crippen molar-refractivity contribution in [2.24, 2.45) is 5.10 Å². The Balaban J connectivity index is 1.76. The second-order valence-corrected chi connectivity index (χ2v) is 9.77. The van der Waals surface area contributed by atoms with E-state index in [4.69, 9.17) is 0 Å². The number of nitrogens with one attached hydrogen (secondary N) is 1. The van der Waals surface area contributed by atoms with Crippen LogP contribution in [-0.2, 0) is 21.4 Å². The fraction of sp³-hybridized carbons (Fsp3) is 0.130. The van der Waals surface area contributed by atoms with E-state index in [1.165, 1.54) is 18.3 Å². The summed E-state index contributed by atoms with van der Waals surface area (Å²) in [6.07, 6.45) is 1.52. The monoisotopic (exact) mass is 499 g/mol. The number of hydrogen-bond acceptors (Lipinski definition) is 4. The first-order chi connectivity index (χ1) is 14.8. The number of benzene rings is 3. The van der Waals surface area contributed by atoms with Crippen LogP contribution in [0.2, 0.25) is 0 Å². The molecule has 3 aromatic carbocycles. The van der Waals surface area contributed by atoms with Crippen LogP contribution >= 0.6 is 15.9 Å². The summed E-state index contributed by atoms with van der Waals surface area (Å²) >= 11 is 3.37. The number of sulfonamides is 1. The van der Waals surface area contributed by atoms with E-state index >= 15 is 0 Å². The lowest BCUT2D eigenvalue weighted by atomic mass is 10.2. The van der Waals surface area contributed by atoms with Gasteiger partial charge in [-0.2, -0.15) is 9.41 Å². The predicted molar refractivity (Wildman–Crippen MR) is 125 cm³/mol. The highest BCUT2D eigenvalue weighted by Crippen LogP contribution is 2.19. The summed E-state index contributed by atoms with van der Waals surface area (Å²) in [5.74, 6) is -0.528. The Labute approximate surface area is 190 Å². The topological polar surface area (TPSA) is 78.8 Å². The van der Waals surface area contributed by atoms with Crippen molar-refractivity contribution < 1.29 is 13.2 Å². The highest BCUT2D eigenvalue weighted by Gasteiger charge is 2.26. The molecule has 8 heteroatoms. The largest absolute Gasteiger partial charge is 0.272 e. The quantitative estimate of drug-likeness (QED) is 0.374. The molecule has 160 valence electrons. The van der Waals surface area contributed by atoms with Crippen LogP contribution in [-0.4, -0.2) is 31.4 Å². The summed E-state index contributed by atoms with van der Waals surface area (Å²) in [5, 5.41) is 3.95. The van der Waals surface area contributed by atoms with Gasteiger partial charge in [-0.15, -0.1) is 0 Å². The first-order valence-corrected chi connectivity index (χ1v) is 11.8. The normalized spacial score (nSPS) is 11.7. The second kappa shape index (κ2) is 10.5. The van der Waals surface area contributed by atoms with E-state index in [1.807, 2.05) is 55.5 Å². The van der Waals surface area contributed by atoms with Crippen LogP contribution in [0.15, 0.2) is 93.3 Å². The van der Waals surface area contributed by atoms with Crippen LogP contribution in [0.3, 0.4) is 0 Å². The molecule has 0 aliphatic carbocycles. The molecule has 1 N–H and O–H groups in total. The molecule has 0 fully saturated rings. The van der Waals surface area contributed by atoms with E-state index in [0.717, 1.165) is 25.5 Å². The lowest BCUT2D eigenvalue weighted by Crippen LogP contribution is -2.39. The van der Waals surface area contributed by atoms with Crippen molar-refractivity contribution in [2.45, 2.75) is 18.4 Å². The van der Waals surface area contributed by atoms with Crippen LogP contribution < -0.4 is 5.43 Å². The number of halogens is 1. The summed E-state index contributed by atoms with van der Waals surface area (Å²) in [4.78, 5) is 12.6. The molecule has 0 aliphatic rings. The van der Waals surface area contributed by atoms with Crippen molar-refractivity contribution >= 4 is 38.1 Å². The van der Waals surface area contributed by atoms with E-state index in [-0.39, 0.29) is 18.0 Å². The molecular formula is C23H22BrN3O3S. The number of hydrazone groups is 1. The summed E-state index contributed by atoms with van der Waals surface area (Å²) < 4.78 is 28.4. The van der Waals surface area contributed by atoms with Crippen LogP contribution in [0.25, 0.3) is 0 Å². The summed E-state index contributed by atoms with van der Waals surface area (Å²) in [5.41, 5.74) is 5.12. The molecule has 31 heavy (non-hydrogen) atoms. The van der Waals surface area contributed by atoms with Crippen molar-refractivity contribution in [3.8, 4) is 0 Å². The van der Waals surface area contributed by atoms with Gasteiger partial charge in [-0.25, -0.2) is 13.8 Å². The highest BCUT2D eigenvalue weighted by molar-refractivity contribution is 9.10. The number of carbonyl (C=O) groups excluding carboxylic acids is 1. The van der Waals surface area contributed by atoms with Gasteiger partial charge in [0.2, 0.25) is 10.0 Å². The fourth-order valence-electron chi connectivity index (χ4n) is 2.79. The van der Waals surface area contributed by atoms with E-state index in [9.17, 15) is 13.2 Å². The molecule has 0 radical (unpaired) electrons. The third-order valence-electron chi connectivity index (χ3n) is 4.45. The molecule has 3 rings (SSSR count). The minimum Gasteiger partial charge on any atom is -0.272 e. The van der Waals surface area contributed by atoms with Gasteiger partial charge in [0.25, 0.3) is 5.91 Å². The lowest BCUT2D eigenvalue weighted by Gasteiger charge is -2.21. The van der Waals surface area contributed by atoms with Gasteiger partial charge in [0.1, 0.15) is 0 Å². The van der Waals surface area contributed by atoms with Crippen LogP contribution in [0, 0.1) is 6.92 Å². The molecule has 0 spiro atoms. The Bertz CT molecular complexity index is 1150. The summed E-state index contributed by atoms with van der Waals surface area (Å²) in [6.45, 7) is 1.67. The predicted octanol–water partition coefficient (Wildman–Crippen LogP) is 4.10. The molecule has 3 aromatic rings. The van der Waals surface area contributed by atoms with Gasteiger partial charge in [-0.05, 0) is 42.3 Å². The second-order valence-electron chi connectivity index (χ2n) is 6.92. The van der Waals surface area contributed by atoms with Gasteiger partial charge in [-0.1, -0.05) is 76.1 Å². The molecule has 0 saturated carbocycles. The number of carbonyl (C=O) groups is 1.